The second kappa shape index (κ2) is 12.2. The Morgan fingerprint density at radius 2 is 1.58 bits per heavy atom. The van der Waals surface area contributed by atoms with Crippen molar-refractivity contribution < 1.29 is 14.6 Å². The van der Waals surface area contributed by atoms with E-state index in [0.29, 0.717) is 6.42 Å². The van der Waals surface area contributed by atoms with E-state index < -0.39 is 12.3 Å². The highest BCUT2D eigenvalue weighted by Gasteiger charge is 2.08. The van der Waals surface area contributed by atoms with Crippen molar-refractivity contribution in [2.24, 2.45) is 0 Å². The highest BCUT2D eigenvalue weighted by Crippen LogP contribution is 2.11. The topological polar surface area (TPSA) is 46.5 Å². The monoisotopic (exact) mass is 270 g/mol. The molecule has 0 saturated carbocycles. The van der Waals surface area contributed by atoms with Gasteiger partial charge in [0, 0.05) is 12.5 Å². The molecule has 0 aromatic rings. The van der Waals surface area contributed by atoms with Crippen molar-refractivity contribution in [1.29, 1.82) is 0 Å². The number of unbranched alkanes of at least 4 members (excludes halogenated alkanes) is 7. The number of hydrogen-bond acceptors (Lipinski definition) is 3. The summed E-state index contributed by atoms with van der Waals surface area (Å²) < 4.78 is 4.86. The molecule has 0 radical (unpaired) electrons. The lowest BCUT2D eigenvalue weighted by Gasteiger charge is -2.10. The molecule has 0 saturated heterocycles. The second-order valence-corrected chi connectivity index (χ2v) is 5.38. The molecule has 0 aromatic heterocycles. The van der Waals surface area contributed by atoms with Gasteiger partial charge < -0.3 is 9.84 Å². The number of carbonyl (C=O) groups excluding carboxylic acids is 1. The van der Waals surface area contributed by atoms with Gasteiger partial charge in [0.2, 0.25) is 6.29 Å². The molecule has 0 aliphatic heterocycles. The van der Waals surface area contributed by atoms with Crippen LogP contribution in [0.5, 0.6) is 0 Å². The van der Waals surface area contributed by atoms with Crippen LogP contribution in [-0.4, -0.2) is 17.4 Å². The van der Waals surface area contributed by atoms with Gasteiger partial charge in [0.1, 0.15) is 0 Å². The molecule has 0 fully saturated rings. The third-order valence-electron chi connectivity index (χ3n) is 2.96. The molecule has 0 aromatic carbocycles. The van der Waals surface area contributed by atoms with E-state index >= 15 is 0 Å². The summed E-state index contributed by atoms with van der Waals surface area (Å²) in [6.07, 6.45) is 10.7. The fourth-order valence-corrected chi connectivity index (χ4v) is 1.92. The molecule has 0 heterocycles. The van der Waals surface area contributed by atoms with Crippen LogP contribution in [0.25, 0.3) is 0 Å². The molecule has 0 aliphatic carbocycles. The van der Waals surface area contributed by atoms with E-state index in [1.165, 1.54) is 44.6 Å². The van der Waals surface area contributed by atoms with Gasteiger partial charge in [-0.15, -0.1) is 0 Å². The standard InChI is InChI=1S/C16H30O3/c1-4-5-6-7-8-9-10-11-12-15(17)19-16(18)13-14(2)3/h13,15,17H,4-12H2,1-3H3. The fraction of sp³-hybridized carbons (Fsp3) is 0.812. The Hall–Kier alpha value is -0.830. The minimum atomic E-state index is -0.955. The predicted molar refractivity (Wildman–Crippen MR) is 78.8 cm³/mol. The third-order valence-corrected chi connectivity index (χ3v) is 2.96. The van der Waals surface area contributed by atoms with Crippen LogP contribution in [0, 0.1) is 0 Å². The summed E-state index contributed by atoms with van der Waals surface area (Å²) in [7, 11) is 0. The first-order chi connectivity index (χ1) is 9.06. The van der Waals surface area contributed by atoms with Crippen LogP contribution in [0.3, 0.4) is 0 Å². The highest BCUT2D eigenvalue weighted by atomic mass is 16.6. The van der Waals surface area contributed by atoms with Gasteiger partial charge in [-0.05, 0) is 20.3 Å². The lowest BCUT2D eigenvalue weighted by Crippen LogP contribution is -2.16. The molecule has 112 valence electrons. The average molecular weight is 270 g/mol. The SMILES string of the molecule is CCCCCCCCCCC(O)OC(=O)C=C(C)C. The van der Waals surface area contributed by atoms with Gasteiger partial charge in [0.15, 0.2) is 0 Å². The van der Waals surface area contributed by atoms with Crippen molar-refractivity contribution in [3.05, 3.63) is 11.6 Å². The lowest BCUT2D eigenvalue weighted by molar-refractivity contribution is -0.162. The minimum Gasteiger partial charge on any atom is -0.433 e. The first-order valence-corrected chi connectivity index (χ1v) is 7.59. The van der Waals surface area contributed by atoms with Gasteiger partial charge >= 0.3 is 5.97 Å². The van der Waals surface area contributed by atoms with Gasteiger partial charge in [0.05, 0.1) is 0 Å². The number of rotatable bonds is 11. The first kappa shape index (κ1) is 18.2. The van der Waals surface area contributed by atoms with Crippen LogP contribution in [0.4, 0.5) is 0 Å². The average Bonchev–Trinajstić information content (AvgIpc) is 2.31. The summed E-state index contributed by atoms with van der Waals surface area (Å²) in [6, 6.07) is 0. The van der Waals surface area contributed by atoms with Crippen LogP contribution in [-0.2, 0) is 9.53 Å². The van der Waals surface area contributed by atoms with Gasteiger partial charge in [-0.1, -0.05) is 57.4 Å². The minimum absolute atomic E-state index is 0.452. The zero-order valence-electron chi connectivity index (χ0n) is 12.8. The molecule has 0 spiro atoms. The van der Waals surface area contributed by atoms with Crippen LogP contribution < -0.4 is 0 Å². The van der Waals surface area contributed by atoms with Crippen molar-refractivity contribution >= 4 is 5.97 Å². The second-order valence-electron chi connectivity index (χ2n) is 5.38. The van der Waals surface area contributed by atoms with E-state index in [1.54, 1.807) is 0 Å². The van der Waals surface area contributed by atoms with E-state index in [4.69, 9.17) is 4.74 Å². The zero-order chi connectivity index (χ0) is 14.5. The summed E-state index contributed by atoms with van der Waals surface area (Å²) in [4.78, 5) is 11.2. The Balaban J connectivity index is 3.41. The largest absolute Gasteiger partial charge is 0.433 e. The Bertz CT molecular complexity index is 255. The maximum absolute atomic E-state index is 11.2. The van der Waals surface area contributed by atoms with Gasteiger partial charge in [0.25, 0.3) is 0 Å². The van der Waals surface area contributed by atoms with E-state index in [0.717, 1.165) is 18.4 Å². The zero-order valence-corrected chi connectivity index (χ0v) is 12.8. The Labute approximate surface area is 118 Å². The molecule has 0 rings (SSSR count). The van der Waals surface area contributed by atoms with E-state index in [-0.39, 0.29) is 0 Å². The molecule has 1 atom stereocenters. The van der Waals surface area contributed by atoms with E-state index in [9.17, 15) is 9.90 Å². The smallest absolute Gasteiger partial charge is 0.332 e. The van der Waals surface area contributed by atoms with Crippen molar-refractivity contribution in [3.63, 3.8) is 0 Å². The summed E-state index contributed by atoms with van der Waals surface area (Å²) >= 11 is 0. The maximum atomic E-state index is 11.2. The summed E-state index contributed by atoms with van der Waals surface area (Å²) in [5.41, 5.74) is 0.879. The first-order valence-electron chi connectivity index (χ1n) is 7.59. The molecular weight excluding hydrogens is 240 g/mol. The lowest BCUT2D eigenvalue weighted by atomic mass is 10.1. The molecule has 0 bridgehead atoms. The number of carbonyl (C=O) groups is 1. The summed E-state index contributed by atoms with van der Waals surface area (Å²) in [5.74, 6) is -0.452. The van der Waals surface area contributed by atoms with Crippen molar-refractivity contribution in [2.45, 2.75) is 84.8 Å². The van der Waals surface area contributed by atoms with Crippen molar-refractivity contribution in [1.82, 2.24) is 0 Å². The van der Waals surface area contributed by atoms with Crippen LogP contribution in [0.2, 0.25) is 0 Å². The number of allylic oxidation sites excluding steroid dienone is 1. The fourth-order valence-electron chi connectivity index (χ4n) is 1.92. The number of hydrogen-bond donors (Lipinski definition) is 1. The van der Waals surface area contributed by atoms with Crippen LogP contribution >= 0.6 is 0 Å². The van der Waals surface area contributed by atoms with Gasteiger partial charge in [-0.25, -0.2) is 4.79 Å². The third kappa shape index (κ3) is 13.4. The predicted octanol–water partition coefficient (Wildman–Crippen LogP) is 4.35. The molecule has 0 amide bonds. The van der Waals surface area contributed by atoms with Crippen LogP contribution in [0.1, 0.15) is 78.6 Å². The Morgan fingerprint density at radius 3 is 2.11 bits per heavy atom. The normalized spacial score (nSPS) is 12.0. The molecule has 1 N–H and O–H groups in total. The summed E-state index contributed by atoms with van der Waals surface area (Å²) in [6.45, 7) is 5.87. The maximum Gasteiger partial charge on any atom is 0.332 e. The van der Waals surface area contributed by atoms with E-state index in [1.807, 2.05) is 13.8 Å². The number of ether oxygens (including phenoxy) is 1. The number of aliphatic hydroxyl groups is 1. The molecule has 0 aliphatic rings. The quantitative estimate of drug-likeness (QED) is 0.263. The molecule has 19 heavy (non-hydrogen) atoms. The number of aliphatic hydroxyl groups excluding tert-OH is 1. The molecule has 1 unspecified atom stereocenters. The molecule has 3 nitrogen and oxygen atoms in total. The Morgan fingerprint density at radius 1 is 1.05 bits per heavy atom. The highest BCUT2D eigenvalue weighted by molar-refractivity contribution is 5.82. The molecule has 3 heteroatoms. The number of esters is 1. The summed E-state index contributed by atoms with van der Waals surface area (Å²) in [5, 5.41) is 9.53. The Kier molecular flexibility index (Phi) is 11.7. The van der Waals surface area contributed by atoms with Crippen molar-refractivity contribution in [2.75, 3.05) is 0 Å². The van der Waals surface area contributed by atoms with Gasteiger partial charge in [-0.3, -0.25) is 0 Å². The molecular formula is C16H30O3. The van der Waals surface area contributed by atoms with E-state index in [2.05, 4.69) is 6.92 Å². The van der Waals surface area contributed by atoms with Gasteiger partial charge in [-0.2, -0.15) is 0 Å². The van der Waals surface area contributed by atoms with Crippen LogP contribution in [0.15, 0.2) is 11.6 Å². The van der Waals surface area contributed by atoms with Crippen molar-refractivity contribution in [3.8, 4) is 0 Å².